The Morgan fingerprint density at radius 2 is 2.22 bits per heavy atom. The summed E-state index contributed by atoms with van der Waals surface area (Å²) < 4.78 is 19.5. The number of aromatic nitrogens is 3. The lowest BCUT2D eigenvalue weighted by atomic mass is 10.1. The van der Waals surface area contributed by atoms with Crippen LogP contribution in [-0.4, -0.2) is 21.1 Å². The quantitative estimate of drug-likeness (QED) is 0.577. The van der Waals surface area contributed by atoms with Crippen LogP contribution in [0.25, 0.3) is 22.2 Å². The Kier molecular flexibility index (Phi) is 3.90. The lowest BCUT2D eigenvalue weighted by Crippen LogP contribution is -2.15. The largest absolute Gasteiger partial charge is 0.472 e. The van der Waals surface area contributed by atoms with Gasteiger partial charge in [-0.05, 0) is 36.8 Å². The average molecular weight is 361 g/mol. The number of H-pyrrole nitrogens is 1. The van der Waals surface area contributed by atoms with Crippen molar-refractivity contribution in [2.24, 2.45) is 0 Å². The molecule has 3 aromatic heterocycles. The minimum absolute atomic E-state index is 0.164. The number of rotatable bonds is 3. The normalized spacial score (nSPS) is 10.7. The third kappa shape index (κ3) is 2.91. The highest BCUT2D eigenvalue weighted by Gasteiger charge is 2.17. The number of halogens is 1. The molecule has 1 aromatic carbocycles. The van der Waals surface area contributed by atoms with Crippen molar-refractivity contribution >= 4 is 22.5 Å². The molecule has 27 heavy (non-hydrogen) atoms. The van der Waals surface area contributed by atoms with Crippen LogP contribution >= 0.6 is 0 Å². The molecule has 7 nitrogen and oxygen atoms in total. The number of aryl methyl sites for hydroxylation is 1. The number of nitrogens with zero attached hydrogens (tertiary/aromatic N) is 3. The van der Waals surface area contributed by atoms with Gasteiger partial charge in [-0.1, -0.05) is 0 Å². The van der Waals surface area contributed by atoms with Gasteiger partial charge in [-0.15, -0.1) is 0 Å². The average Bonchev–Trinajstić information content (AvgIpc) is 3.30. The van der Waals surface area contributed by atoms with E-state index < -0.39 is 11.7 Å². The van der Waals surface area contributed by atoms with Crippen LogP contribution in [0.3, 0.4) is 0 Å². The minimum Gasteiger partial charge on any atom is -0.472 e. The van der Waals surface area contributed by atoms with E-state index in [9.17, 15) is 9.18 Å². The first kappa shape index (κ1) is 16.5. The van der Waals surface area contributed by atoms with Crippen molar-refractivity contribution in [3.05, 3.63) is 65.6 Å². The highest BCUT2D eigenvalue weighted by Crippen LogP contribution is 2.30. The Morgan fingerprint density at radius 1 is 1.37 bits per heavy atom. The van der Waals surface area contributed by atoms with Crippen LogP contribution in [0.4, 0.5) is 10.1 Å². The van der Waals surface area contributed by atoms with Crippen molar-refractivity contribution in [3.8, 4) is 17.3 Å². The van der Waals surface area contributed by atoms with Crippen molar-refractivity contribution in [1.29, 1.82) is 5.26 Å². The molecule has 0 bridgehead atoms. The standard InChI is InChI=1S/C19H12FN5O2/c1-10-4-11(7-21)8-22-16(10)19(26)23-13-5-14-17(12-2-3-27-9-12)24-25-18(14)15(20)6-13/h2-6,8-9H,1H3,(H,23,26)(H,24,25). The van der Waals surface area contributed by atoms with Crippen LogP contribution < -0.4 is 5.32 Å². The molecule has 3 heterocycles. The summed E-state index contributed by atoms with van der Waals surface area (Å²) in [5.74, 6) is -1.07. The molecule has 0 fully saturated rings. The number of pyridine rings is 1. The van der Waals surface area contributed by atoms with Crippen LogP contribution in [0.5, 0.6) is 0 Å². The number of anilines is 1. The van der Waals surface area contributed by atoms with Gasteiger partial charge in [0.15, 0.2) is 5.82 Å². The van der Waals surface area contributed by atoms with Gasteiger partial charge in [0.05, 0.1) is 23.8 Å². The molecule has 0 aliphatic rings. The number of nitrogens with one attached hydrogen (secondary N) is 2. The molecule has 0 unspecified atom stereocenters. The van der Waals surface area contributed by atoms with Crippen LogP contribution in [0.2, 0.25) is 0 Å². The summed E-state index contributed by atoms with van der Waals surface area (Å²) in [6.07, 6.45) is 4.34. The zero-order chi connectivity index (χ0) is 19.0. The first-order valence-electron chi connectivity index (χ1n) is 7.95. The second-order valence-electron chi connectivity index (χ2n) is 5.92. The summed E-state index contributed by atoms with van der Waals surface area (Å²) in [5.41, 5.74) is 2.80. The van der Waals surface area contributed by atoms with E-state index in [1.165, 1.54) is 24.8 Å². The van der Waals surface area contributed by atoms with E-state index in [2.05, 4.69) is 20.5 Å². The zero-order valence-electron chi connectivity index (χ0n) is 14.1. The van der Waals surface area contributed by atoms with E-state index in [0.29, 0.717) is 27.8 Å². The van der Waals surface area contributed by atoms with Gasteiger partial charge in [0, 0.05) is 22.8 Å². The number of amides is 1. The third-order valence-electron chi connectivity index (χ3n) is 4.10. The molecule has 0 aliphatic carbocycles. The Balaban J connectivity index is 1.71. The van der Waals surface area contributed by atoms with Crippen molar-refractivity contribution in [1.82, 2.24) is 15.2 Å². The fourth-order valence-electron chi connectivity index (χ4n) is 2.84. The predicted molar refractivity (Wildman–Crippen MR) is 95.4 cm³/mol. The second kappa shape index (κ2) is 6.38. The Morgan fingerprint density at radius 3 is 2.93 bits per heavy atom. The SMILES string of the molecule is Cc1cc(C#N)cnc1C(=O)Nc1cc(F)c2n[nH]c(-c3ccoc3)c2c1. The highest BCUT2D eigenvalue weighted by atomic mass is 19.1. The maximum absolute atomic E-state index is 14.4. The van der Waals surface area contributed by atoms with Crippen LogP contribution in [0, 0.1) is 24.1 Å². The van der Waals surface area contributed by atoms with E-state index >= 15 is 0 Å². The molecule has 1 amide bonds. The number of nitriles is 1. The summed E-state index contributed by atoms with van der Waals surface area (Å²) in [6, 6.07) is 8.08. The first-order valence-corrected chi connectivity index (χ1v) is 7.95. The lowest BCUT2D eigenvalue weighted by Gasteiger charge is -2.08. The molecule has 8 heteroatoms. The van der Waals surface area contributed by atoms with Gasteiger partial charge in [-0.3, -0.25) is 9.89 Å². The van der Waals surface area contributed by atoms with Gasteiger partial charge in [0.25, 0.3) is 5.91 Å². The molecular formula is C19H12FN5O2. The molecule has 0 radical (unpaired) electrons. The number of carbonyl (C=O) groups is 1. The Bertz CT molecular complexity index is 1210. The van der Waals surface area contributed by atoms with E-state index in [4.69, 9.17) is 9.68 Å². The van der Waals surface area contributed by atoms with Gasteiger partial charge in [0.2, 0.25) is 0 Å². The summed E-state index contributed by atoms with van der Waals surface area (Å²) in [5, 5.41) is 18.8. The van der Waals surface area contributed by atoms with E-state index in [-0.39, 0.29) is 16.9 Å². The Hall–Kier alpha value is -3.99. The molecule has 0 atom stereocenters. The van der Waals surface area contributed by atoms with Gasteiger partial charge in [0.1, 0.15) is 17.3 Å². The topological polar surface area (TPSA) is 108 Å². The molecule has 0 spiro atoms. The Labute approximate surface area is 152 Å². The summed E-state index contributed by atoms with van der Waals surface area (Å²) in [6.45, 7) is 1.68. The van der Waals surface area contributed by atoms with Crippen molar-refractivity contribution < 1.29 is 13.6 Å². The monoisotopic (exact) mass is 361 g/mol. The molecule has 0 saturated carbocycles. The fourth-order valence-corrected chi connectivity index (χ4v) is 2.84. The van der Waals surface area contributed by atoms with Crippen LogP contribution in [0.1, 0.15) is 21.6 Å². The molecule has 4 rings (SSSR count). The van der Waals surface area contributed by atoms with Gasteiger partial charge in [-0.25, -0.2) is 9.37 Å². The lowest BCUT2D eigenvalue weighted by molar-refractivity contribution is 0.102. The second-order valence-corrected chi connectivity index (χ2v) is 5.92. The summed E-state index contributed by atoms with van der Waals surface area (Å²) in [4.78, 5) is 16.5. The summed E-state index contributed by atoms with van der Waals surface area (Å²) in [7, 11) is 0. The molecule has 0 saturated heterocycles. The van der Waals surface area contributed by atoms with Crippen molar-refractivity contribution in [2.45, 2.75) is 6.92 Å². The maximum Gasteiger partial charge on any atom is 0.274 e. The van der Waals surface area contributed by atoms with Gasteiger partial charge in [-0.2, -0.15) is 10.4 Å². The highest BCUT2D eigenvalue weighted by molar-refractivity contribution is 6.05. The van der Waals surface area contributed by atoms with Crippen LogP contribution in [0.15, 0.2) is 47.4 Å². The predicted octanol–water partition coefficient (Wildman–Crippen LogP) is 3.79. The van der Waals surface area contributed by atoms with Crippen LogP contribution in [-0.2, 0) is 0 Å². The van der Waals surface area contributed by atoms with Gasteiger partial charge < -0.3 is 9.73 Å². The molecule has 2 N–H and O–H groups in total. The first-order chi connectivity index (χ1) is 13.1. The number of hydrogen-bond acceptors (Lipinski definition) is 5. The molecular weight excluding hydrogens is 349 g/mol. The summed E-state index contributed by atoms with van der Waals surface area (Å²) >= 11 is 0. The smallest absolute Gasteiger partial charge is 0.274 e. The number of hydrogen-bond donors (Lipinski definition) is 2. The number of benzene rings is 1. The number of fused-ring (bicyclic) bond motifs is 1. The van der Waals surface area contributed by atoms with Gasteiger partial charge >= 0.3 is 0 Å². The number of carbonyl (C=O) groups excluding carboxylic acids is 1. The fraction of sp³-hybridized carbons (Fsp3) is 0.0526. The molecule has 132 valence electrons. The minimum atomic E-state index is -0.571. The van der Waals surface area contributed by atoms with Crippen molar-refractivity contribution in [3.63, 3.8) is 0 Å². The van der Waals surface area contributed by atoms with E-state index in [1.807, 2.05) is 6.07 Å². The molecule has 0 aliphatic heterocycles. The number of aromatic amines is 1. The molecule has 4 aromatic rings. The third-order valence-corrected chi connectivity index (χ3v) is 4.10. The maximum atomic E-state index is 14.4. The van der Waals surface area contributed by atoms with Crippen molar-refractivity contribution in [2.75, 3.05) is 5.32 Å². The number of furan rings is 1. The van der Waals surface area contributed by atoms with E-state index in [1.54, 1.807) is 25.1 Å². The zero-order valence-corrected chi connectivity index (χ0v) is 14.1. The van der Waals surface area contributed by atoms with E-state index in [0.717, 1.165) is 0 Å².